The molecule has 1 aliphatic heterocycles. The second kappa shape index (κ2) is 7.84. The van der Waals surface area contributed by atoms with Crippen molar-refractivity contribution in [2.45, 2.75) is 0 Å². The SMILES string of the molecule is O=C(/C=C/c1cnc(-c2ccccc2)nc1)c1cccc(N2CCOC2=O)c1. The predicted molar refractivity (Wildman–Crippen MR) is 106 cm³/mol. The van der Waals surface area contributed by atoms with Crippen LogP contribution in [0.4, 0.5) is 10.5 Å². The summed E-state index contributed by atoms with van der Waals surface area (Å²) < 4.78 is 4.94. The lowest BCUT2D eigenvalue weighted by atomic mass is 10.1. The molecule has 0 radical (unpaired) electrons. The third-order valence-corrected chi connectivity index (χ3v) is 4.33. The van der Waals surface area contributed by atoms with E-state index in [2.05, 4.69) is 9.97 Å². The molecule has 0 bridgehead atoms. The first kappa shape index (κ1) is 17.6. The van der Waals surface area contributed by atoms with E-state index in [4.69, 9.17) is 4.74 Å². The van der Waals surface area contributed by atoms with E-state index in [-0.39, 0.29) is 5.78 Å². The van der Waals surface area contributed by atoms with Gasteiger partial charge in [-0.25, -0.2) is 14.8 Å². The number of cyclic esters (lactones) is 1. The number of allylic oxidation sites excluding steroid dienone is 1. The Morgan fingerprint density at radius 2 is 1.82 bits per heavy atom. The van der Waals surface area contributed by atoms with Gasteiger partial charge in [-0.2, -0.15) is 0 Å². The van der Waals surface area contributed by atoms with Crippen LogP contribution in [0.15, 0.2) is 73.1 Å². The summed E-state index contributed by atoms with van der Waals surface area (Å²) in [5.41, 5.74) is 2.81. The summed E-state index contributed by atoms with van der Waals surface area (Å²) in [7, 11) is 0. The summed E-state index contributed by atoms with van der Waals surface area (Å²) in [6, 6.07) is 16.6. The maximum Gasteiger partial charge on any atom is 0.414 e. The molecular formula is C22H17N3O3. The lowest BCUT2D eigenvalue weighted by Gasteiger charge is -2.13. The molecule has 1 aromatic heterocycles. The van der Waals surface area contributed by atoms with Gasteiger partial charge in [-0.05, 0) is 24.3 Å². The fourth-order valence-corrected chi connectivity index (χ4v) is 2.88. The molecular weight excluding hydrogens is 354 g/mol. The van der Waals surface area contributed by atoms with Gasteiger partial charge >= 0.3 is 6.09 Å². The molecule has 0 saturated carbocycles. The summed E-state index contributed by atoms with van der Waals surface area (Å²) in [5.74, 6) is 0.468. The minimum atomic E-state index is -0.393. The summed E-state index contributed by atoms with van der Waals surface area (Å²) in [6.45, 7) is 0.841. The van der Waals surface area contributed by atoms with Crippen molar-refractivity contribution in [1.29, 1.82) is 0 Å². The first-order valence-corrected chi connectivity index (χ1v) is 8.85. The number of nitrogens with zero attached hydrogens (tertiary/aromatic N) is 3. The Morgan fingerprint density at radius 1 is 1.04 bits per heavy atom. The van der Waals surface area contributed by atoms with Crippen LogP contribution in [-0.2, 0) is 4.74 Å². The Morgan fingerprint density at radius 3 is 2.54 bits per heavy atom. The maximum atomic E-state index is 12.5. The number of carbonyl (C=O) groups is 2. The predicted octanol–water partition coefficient (Wildman–Crippen LogP) is 4.00. The molecule has 0 N–H and O–H groups in total. The van der Waals surface area contributed by atoms with E-state index in [1.807, 2.05) is 30.3 Å². The standard InChI is InChI=1S/C22H17N3O3/c26-20(18-7-4-8-19(13-18)25-11-12-28-22(25)27)10-9-16-14-23-21(24-15-16)17-5-2-1-3-6-17/h1-10,13-15H,11-12H2/b10-9+. The molecule has 4 rings (SSSR count). The number of benzene rings is 2. The highest BCUT2D eigenvalue weighted by atomic mass is 16.6. The van der Waals surface area contributed by atoms with E-state index < -0.39 is 6.09 Å². The molecule has 1 fully saturated rings. The van der Waals surface area contributed by atoms with Crippen molar-refractivity contribution in [3.8, 4) is 11.4 Å². The molecule has 1 amide bonds. The molecule has 0 spiro atoms. The van der Waals surface area contributed by atoms with Crippen LogP contribution in [0.25, 0.3) is 17.5 Å². The van der Waals surface area contributed by atoms with Crippen molar-refractivity contribution >= 4 is 23.6 Å². The van der Waals surface area contributed by atoms with Crippen LogP contribution in [0.5, 0.6) is 0 Å². The second-order valence-electron chi connectivity index (χ2n) is 6.22. The fourth-order valence-electron chi connectivity index (χ4n) is 2.88. The molecule has 3 aromatic rings. The van der Waals surface area contributed by atoms with Crippen LogP contribution in [0.2, 0.25) is 0 Å². The quantitative estimate of drug-likeness (QED) is 0.501. The number of ketones is 1. The number of amides is 1. The van der Waals surface area contributed by atoms with Gasteiger partial charge in [-0.1, -0.05) is 42.5 Å². The van der Waals surface area contributed by atoms with Crippen LogP contribution in [0.1, 0.15) is 15.9 Å². The number of rotatable bonds is 5. The smallest absolute Gasteiger partial charge is 0.414 e. The number of aromatic nitrogens is 2. The lowest BCUT2D eigenvalue weighted by Crippen LogP contribution is -2.23. The maximum absolute atomic E-state index is 12.5. The third-order valence-electron chi connectivity index (χ3n) is 4.33. The van der Waals surface area contributed by atoms with Crippen molar-refractivity contribution in [3.63, 3.8) is 0 Å². The topological polar surface area (TPSA) is 72.4 Å². The Kier molecular flexibility index (Phi) is 4.93. The van der Waals surface area contributed by atoms with Gasteiger partial charge in [-0.15, -0.1) is 0 Å². The molecule has 2 heterocycles. The summed E-state index contributed by atoms with van der Waals surface area (Å²) in [6.07, 6.45) is 6.11. The number of hydrogen-bond donors (Lipinski definition) is 0. The number of hydrogen-bond acceptors (Lipinski definition) is 5. The van der Waals surface area contributed by atoms with Crippen LogP contribution >= 0.6 is 0 Å². The van der Waals surface area contributed by atoms with E-state index in [0.717, 1.165) is 11.1 Å². The minimum absolute atomic E-state index is 0.165. The van der Waals surface area contributed by atoms with Crippen molar-refractivity contribution in [3.05, 3.63) is 84.2 Å². The Bertz CT molecular complexity index is 1030. The highest BCUT2D eigenvalue weighted by Gasteiger charge is 2.23. The van der Waals surface area contributed by atoms with E-state index in [1.54, 1.807) is 42.7 Å². The van der Waals surface area contributed by atoms with E-state index in [1.165, 1.54) is 11.0 Å². The monoisotopic (exact) mass is 371 g/mol. The van der Waals surface area contributed by atoms with Gasteiger partial charge in [0.2, 0.25) is 0 Å². The van der Waals surface area contributed by atoms with E-state index in [9.17, 15) is 9.59 Å². The molecule has 2 aromatic carbocycles. The average molecular weight is 371 g/mol. The van der Waals surface area contributed by atoms with Gasteiger partial charge in [0.1, 0.15) is 6.61 Å². The number of carbonyl (C=O) groups excluding carboxylic acids is 2. The second-order valence-corrected chi connectivity index (χ2v) is 6.22. The minimum Gasteiger partial charge on any atom is -0.447 e. The normalized spacial score (nSPS) is 13.7. The van der Waals surface area contributed by atoms with Crippen molar-refractivity contribution in [2.24, 2.45) is 0 Å². The van der Waals surface area contributed by atoms with Crippen LogP contribution in [0, 0.1) is 0 Å². The summed E-state index contributed by atoms with van der Waals surface area (Å²) in [4.78, 5) is 34.4. The highest BCUT2D eigenvalue weighted by Crippen LogP contribution is 2.20. The van der Waals surface area contributed by atoms with Crippen molar-refractivity contribution < 1.29 is 14.3 Å². The highest BCUT2D eigenvalue weighted by molar-refractivity contribution is 6.07. The first-order valence-electron chi connectivity index (χ1n) is 8.85. The van der Waals surface area contributed by atoms with E-state index in [0.29, 0.717) is 30.2 Å². The van der Waals surface area contributed by atoms with Crippen molar-refractivity contribution in [1.82, 2.24) is 9.97 Å². The average Bonchev–Trinajstić information content (AvgIpc) is 3.19. The van der Waals surface area contributed by atoms with Gasteiger partial charge in [0.25, 0.3) is 0 Å². The Hall–Kier alpha value is -3.80. The van der Waals surface area contributed by atoms with Gasteiger partial charge in [0.15, 0.2) is 11.6 Å². The Labute approximate surface area is 162 Å². The van der Waals surface area contributed by atoms with Crippen molar-refractivity contribution in [2.75, 3.05) is 18.1 Å². The van der Waals surface area contributed by atoms with E-state index >= 15 is 0 Å². The zero-order valence-electron chi connectivity index (χ0n) is 15.0. The molecule has 6 heteroatoms. The van der Waals surface area contributed by atoms with Crippen LogP contribution in [0.3, 0.4) is 0 Å². The zero-order chi connectivity index (χ0) is 19.3. The molecule has 1 aliphatic rings. The van der Waals surface area contributed by atoms with Gasteiger partial charge in [0.05, 0.1) is 6.54 Å². The third kappa shape index (κ3) is 3.81. The number of anilines is 1. The molecule has 6 nitrogen and oxygen atoms in total. The van der Waals surface area contributed by atoms with Crippen LogP contribution < -0.4 is 4.90 Å². The molecule has 28 heavy (non-hydrogen) atoms. The summed E-state index contributed by atoms with van der Waals surface area (Å²) in [5, 5.41) is 0. The number of ether oxygens (including phenoxy) is 1. The lowest BCUT2D eigenvalue weighted by molar-refractivity contribution is 0.104. The molecule has 1 saturated heterocycles. The van der Waals surface area contributed by atoms with Gasteiger partial charge in [0, 0.05) is 34.8 Å². The molecule has 0 unspecified atom stereocenters. The molecule has 138 valence electrons. The van der Waals surface area contributed by atoms with Gasteiger partial charge < -0.3 is 4.74 Å². The Balaban J connectivity index is 1.47. The molecule has 0 aliphatic carbocycles. The first-order chi connectivity index (χ1) is 13.7. The van der Waals surface area contributed by atoms with Crippen LogP contribution in [-0.4, -0.2) is 35.0 Å². The summed E-state index contributed by atoms with van der Waals surface area (Å²) >= 11 is 0. The largest absolute Gasteiger partial charge is 0.447 e. The zero-order valence-corrected chi connectivity index (χ0v) is 15.0. The fraction of sp³-hybridized carbons (Fsp3) is 0.0909. The molecule has 0 atom stereocenters. The van der Waals surface area contributed by atoms with Gasteiger partial charge in [-0.3, -0.25) is 9.69 Å².